The van der Waals surface area contributed by atoms with Crippen molar-refractivity contribution in [2.75, 3.05) is 0 Å². The summed E-state index contributed by atoms with van der Waals surface area (Å²) in [5.74, 6) is -1.30. The number of rotatable bonds is 4. The minimum atomic E-state index is -3.64. The number of hydrogen-bond acceptors (Lipinski definition) is 2. The van der Waals surface area contributed by atoms with Gasteiger partial charge in [-0.25, -0.2) is 17.2 Å². The average molecular weight is 435 g/mol. The van der Waals surface area contributed by atoms with E-state index in [1.54, 1.807) is 36.4 Å². The molecule has 0 atom stereocenters. The fraction of sp³-hybridized carbons (Fsp3) is 0. The smallest absolute Gasteiger partial charge is 0.207 e. The maximum atomic E-state index is 13.6. The van der Waals surface area contributed by atoms with Crippen molar-refractivity contribution < 1.29 is 17.2 Å². The van der Waals surface area contributed by atoms with Crippen LogP contribution < -0.4 is 0 Å². The quantitative estimate of drug-likeness (QED) is 0.491. The Labute approximate surface area is 158 Å². The van der Waals surface area contributed by atoms with Crippen molar-refractivity contribution in [3.63, 3.8) is 0 Å². The Morgan fingerprint density at radius 2 is 1.54 bits per heavy atom. The molecule has 2 nitrogen and oxygen atoms in total. The maximum Gasteiger partial charge on any atom is 0.207 e. The van der Waals surface area contributed by atoms with Gasteiger partial charge >= 0.3 is 0 Å². The summed E-state index contributed by atoms with van der Waals surface area (Å²) in [5.41, 5.74) is 0.941. The molecule has 0 fully saturated rings. The molecule has 3 rings (SSSR count). The van der Waals surface area contributed by atoms with E-state index in [-0.39, 0.29) is 15.4 Å². The largest absolute Gasteiger partial charge is 0.218 e. The van der Waals surface area contributed by atoms with E-state index in [0.717, 1.165) is 6.07 Å². The molecule has 0 N–H and O–H groups in total. The third-order valence-electron chi connectivity index (χ3n) is 3.73. The number of hydrogen-bond donors (Lipinski definition) is 0. The summed E-state index contributed by atoms with van der Waals surface area (Å²) in [7, 11) is -3.64. The Morgan fingerprint density at radius 1 is 0.846 bits per heavy atom. The molecule has 0 aliphatic rings. The Morgan fingerprint density at radius 3 is 2.19 bits per heavy atom. The summed E-state index contributed by atoms with van der Waals surface area (Å²) in [6.45, 7) is 0. The number of halogens is 3. The van der Waals surface area contributed by atoms with Gasteiger partial charge in [-0.3, -0.25) is 0 Å². The van der Waals surface area contributed by atoms with E-state index < -0.39 is 21.5 Å². The standard InChI is InChI=1S/C20H13BrF2O2S/c21-18-3-1-2-4-20(18)26(24,25)17-11-6-14(7-12-17)5-8-15-9-10-16(22)13-19(15)23/h1-13H. The van der Waals surface area contributed by atoms with Crippen LogP contribution in [0.2, 0.25) is 0 Å². The number of benzene rings is 3. The molecule has 3 aromatic rings. The van der Waals surface area contributed by atoms with E-state index >= 15 is 0 Å². The van der Waals surface area contributed by atoms with Crippen LogP contribution in [0, 0.1) is 11.6 Å². The Balaban J connectivity index is 1.87. The Bertz CT molecular complexity index is 1080. The van der Waals surface area contributed by atoms with Gasteiger partial charge in [0.15, 0.2) is 0 Å². The molecule has 3 aromatic carbocycles. The first-order valence-electron chi connectivity index (χ1n) is 7.61. The summed E-state index contributed by atoms with van der Waals surface area (Å²) in [6, 6.07) is 16.2. The van der Waals surface area contributed by atoms with Gasteiger partial charge in [0.25, 0.3) is 0 Å². The molecule has 0 aliphatic carbocycles. The normalized spacial score (nSPS) is 11.8. The molecule has 132 valence electrons. The van der Waals surface area contributed by atoms with Crippen LogP contribution >= 0.6 is 15.9 Å². The third-order valence-corrected chi connectivity index (χ3v) is 6.52. The van der Waals surface area contributed by atoms with Gasteiger partial charge in [0.1, 0.15) is 11.6 Å². The molecule has 0 spiro atoms. The molecule has 26 heavy (non-hydrogen) atoms. The summed E-state index contributed by atoms with van der Waals surface area (Å²) in [5, 5.41) is 0. The van der Waals surface area contributed by atoms with Crippen LogP contribution in [0.4, 0.5) is 8.78 Å². The highest BCUT2D eigenvalue weighted by atomic mass is 79.9. The van der Waals surface area contributed by atoms with E-state index in [9.17, 15) is 17.2 Å². The van der Waals surface area contributed by atoms with Gasteiger partial charge < -0.3 is 0 Å². The van der Waals surface area contributed by atoms with Crippen molar-refractivity contribution in [2.24, 2.45) is 0 Å². The van der Waals surface area contributed by atoms with E-state index in [1.165, 1.54) is 36.4 Å². The molecule has 0 saturated carbocycles. The third kappa shape index (κ3) is 3.92. The number of sulfone groups is 1. The topological polar surface area (TPSA) is 34.1 Å². The van der Waals surface area contributed by atoms with Crippen molar-refractivity contribution in [2.45, 2.75) is 9.79 Å². The van der Waals surface area contributed by atoms with Gasteiger partial charge in [-0.15, -0.1) is 0 Å². The zero-order valence-corrected chi connectivity index (χ0v) is 15.8. The summed E-state index contributed by atoms with van der Waals surface area (Å²) < 4.78 is 52.4. The lowest BCUT2D eigenvalue weighted by Gasteiger charge is -2.07. The zero-order valence-electron chi connectivity index (χ0n) is 13.4. The highest BCUT2D eigenvalue weighted by Gasteiger charge is 2.19. The van der Waals surface area contributed by atoms with Crippen molar-refractivity contribution in [1.29, 1.82) is 0 Å². The lowest BCUT2D eigenvalue weighted by atomic mass is 10.1. The fourth-order valence-corrected chi connectivity index (χ4v) is 4.63. The van der Waals surface area contributed by atoms with Gasteiger partial charge in [0.2, 0.25) is 9.84 Å². The van der Waals surface area contributed by atoms with E-state index in [1.807, 2.05) is 0 Å². The second-order valence-corrected chi connectivity index (χ2v) is 8.27. The summed E-state index contributed by atoms with van der Waals surface area (Å²) in [6.07, 6.45) is 3.14. The van der Waals surface area contributed by atoms with E-state index in [2.05, 4.69) is 15.9 Å². The van der Waals surface area contributed by atoms with Crippen LogP contribution in [0.15, 0.2) is 81.0 Å². The second-order valence-electron chi connectivity index (χ2n) is 5.50. The van der Waals surface area contributed by atoms with E-state index in [0.29, 0.717) is 10.0 Å². The predicted molar refractivity (Wildman–Crippen MR) is 101 cm³/mol. The maximum absolute atomic E-state index is 13.6. The highest BCUT2D eigenvalue weighted by molar-refractivity contribution is 9.10. The highest BCUT2D eigenvalue weighted by Crippen LogP contribution is 2.28. The molecular weight excluding hydrogens is 422 g/mol. The monoisotopic (exact) mass is 434 g/mol. The minimum Gasteiger partial charge on any atom is -0.218 e. The van der Waals surface area contributed by atoms with Gasteiger partial charge in [0, 0.05) is 16.1 Å². The van der Waals surface area contributed by atoms with Crippen LogP contribution in [-0.2, 0) is 9.84 Å². The molecule has 0 radical (unpaired) electrons. The summed E-state index contributed by atoms with van der Waals surface area (Å²) >= 11 is 3.25. The van der Waals surface area contributed by atoms with Crippen molar-refractivity contribution in [1.82, 2.24) is 0 Å². The predicted octanol–water partition coefficient (Wildman–Crippen LogP) is 5.73. The average Bonchev–Trinajstić information content (AvgIpc) is 2.61. The van der Waals surface area contributed by atoms with Crippen LogP contribution in [0.5, 0.6) is 0 Å². The second kappa shape index (κ2) is 7.51. The lowest BCUT2D eigenvalue weighted by Crippen LogP contribution is -2.02. The van der Waals surface area contributed by atoms with Crippen LogP contribution in [-0.4, -0.2) is 8.42 Å². The first-order chi connectivity index (χ1) is 12.4. The lowest BCUT2D eigenvalue weighted by molar-refractivity contribution is 0.581. The molecule has 0 aliphatic heterocycles. The summed E-state index contributed by atoms with van der Waals surface area (Å²) in [4.78, 5) is 0.353. The molecule has 0 heterocycles. The Kier molecular flexibility index (Phi) is 5.34. The first kappa shape index (κ1) is 18.5. The molecular formula is C20H13BrF2O2S. The zero-order chi connectivity index (χ0) is 18.7. The van der Waals surface area contributed by atoms with Crippen molar-refractivity contribution >= 4 is 37.9 Å². The van der Waals surface area contributed by atoms with Gasteiger partial charge in [-0.1, -0.05) is 36.4 Å². The van der Waals surface area contributed by atoms with Crippen molar-refractivity contribution in [3.05, 3.63) is 94.0 Å². The molecule has 0 unspecified atom stereocenters. The fourth-order valence-electron chi connectivity index (χ4n) is 2.37. The van der Waals surface area contributed by atoms with Gasteiger partial charge in [-0.05, 0) is 57.9 Å². The van der Waals surface area contributed by atoms with Crippen LogP contribution in [0.25, 0.3) is 12.2 Å². The molecule has 0 amide bonds. The molecule has 0 bridgehead atoms. The Hall–Kier alpha value is -2.31. The minimum absolute atomic E-state index is 0.162. The van der Waals surface area contributed by atoms with Gasteiger partial charge in [-0.2, -0.15) is 0 Å². The molecule has 0 aromatic heterocycles. The van der Waals surface area contributed by atoms with Crippen LogP contribution in [0.1, 0.15) is 11.1 Å². The van der Waals surface area contributed by atoms with Crippen molar-refractivity contribution in [3.8, 4) is 0 Å². The molecule has 0 saturated heterocycles. The van der Waals surface area contributed by atoms with Gasteiger partial charge in [0.05, 0.1) is 9.79 Å². The van der Waals surface area contributed by atoms with Crippen LogP contribution in [0.3, 0.4) is 0 Å². The van der Waals surface area contributed by atoms with E-state index in [4.69, 9.17) is 0 Å². The first-order valence-corrected chi connectivity index (χ1v) is 9.88. The molecule has 6 heteroatoms. The SMILES string of the molecule is O=S(=O)(c1ccc(C=Cc2ccc(F)cc2F)cc1)c1ccccc1Br.